The van der Waals surface area contributed by atoms with Gasteiger partial charge >= 0.3 is 0 Å². The minimum Gasteiger partial charge on any atom is -0.507 e. The summed E-state index contributed by atoms with van der Waals surface area (Å²) in [6.07, 6.45) is 14.2. The SMILES string of the molecule is C=Cc1c(C/C=C/C=CC(C)CS(=O)(=O)C2CCCCC2)c(O)c2ccccc2c1O. The molecule has 0 aromatic heterocycles. The Hall–Kier alpha value is -2.53. The number of fused-ring (bicyclic) bond motifs is 1. The van der Waals surface area contributed by atoms with E-state index in [0.29, 0.717) is 28.3 Å². The highest BCUT2D eigenvalue weighted by atomic mass is 32.2. The minimum absolute atomic E-state index is 0.0570. The maximum absolute atomic E-state index is 12.6. The van der Waals surface area contributed by atoms with Crippen LogP contribution >= 0.6 is 0 Å². The lowest BCUT2D eigenvalue weighted by Gasteiger charge is -2.22. The van der Waals surface area contributed by atoms with Crippen LogP contribution in [0.3, 0.4) is 0 Å². The van der Waals surface area contributed by atoms with Gasteiger partial charge in [-0.25, -0.2) is 8.42 Å². The van der Waals surface area contributed by atoms with Crippen LogP contribution in [-0.4, -0.2) is 29.6 Å². The second kappa shape index (κ2) is 10.2. The number of hydrogen-bond donors (Lipinski definition) is 2. The highest BCUT2D eigenvalue weighted by Crippen LogP contribution is 2.40. The zero-order valence-electron chi connectivity index (χ0n) is 18.1. The van der Waals surface area contributed by atoms with Crippen molar-refractivity contribution in [1.82, 2.24) is 0 Å². The van der Waals surface area contributed by atoms with E-state index in [2.05, 4.69) is 6.58 Å². The largest absolute Gasteiger partial charge is 0.507 e. The average Bonchev–Trinajstić information content (AvgIpc) is 2.77. The molecule has 1 atom stereocenters. The van der Waals surface area contributed by atoms with Crippen LogP contribution in [-0.2, 0) is 16.3 Å². The van der Waals surface area contributed by atoms with E-state index in [1.807, 2.05) is 43.4 Å². The Morgan fingerprint density at radius 2 is 1.71 bits per heavy atom. The lowest BCUT2D eigenvalue weighted by Crippen LogP contribution is -2.28. The molecule has 1 aliphatic rings. The molecule has 3 rings (SSSR count). The van der Waals surface area contributed by atoms with Gasteiger partial charge in [-0.3, -0.25) is 0 Å². The summed E-state index contributed by atoms with van der Waals surface area (Å²) in [5.74, 6) is 0.383. The van der Waals surface area contributed by atoms with Crippen molar-refractivity contribution in [1.29, 1.82) is 0 Å². The molecule has 31 heavy (non-hydrogen) atoms. The molecule has 4 nitrogen and oxygen atoms in total. The maximum atomic E-state index is 12.6. The van der Waals surface area contributed by atoms with E-state index in [0.717, 1.165) is 32.1 Å². The summed E-state index contributed by atoms with van der Waals surface area (Å²) in [6, 6.07) is 7.18. The van der Waals surface area contributed by atoms with E-state index < -0.39 is 9.84 Å². The van der Waals surface area contributed by atoms with Gasteiger partial charge < -0.3 is 10.2 Å². The molecule has 0 heterocycles. The third-order valence-electron chi connectivity index (χ3n) is 6.07. The summed E-state index contributed by atoms with van der Waals surface area (Å²) in [4.78, 5) is 0. The number of rotatable bonds is 8. The van der Waals surface area contributed by atoms with Crippen molar-refractivity contribution in [2.45, 2.75) is 50.7 Å². The van der Waals surface area contributed by atoms with Crippen LogP contribution < -0.4 is 0 Å². The molecule has 2 aromatic carbocycles. The summed E-state index contributed by atoms with van der Waals surface area (Å²) in [6.45, 7) is 5.70. The van der Waals surface area contributed by atoms with E-state index in [9.17, 15) is 18.6 Å². The summed E-state index contributed by atoms with van der Waals surface area (Å²) < 4.78 is 25.2. The van der Waals surface area contributed by atoms with E-state index in [4.69, 9.17) is 0 Å². The van der Waals surface area contributed by atoms with Gasteiger partial charge in [-0.2, -0.15) is 0 Å². The maximum Gasteiger partial charge on any atom is 0.153 e. The van der Waals surface area contributed by atoms with Gasteiger partial charge in [-0.05, 0) is 25.2 Å². The van der Waals surface area contributed by atoms with Gasteiger partial charge in [0.15, 0.2) is 9.84 Å². The zero-order chi connectivity index (χ0) is 22.4. The highest BCUT2D eigenvalue weighted by Gasteiger charge is 2.27. The van der Waals surface area contributed by atoms with Gasteiger partial charge in [0.1, 0.15) is 11.5 Å². The monoisotopic (exact) mass is 440 g/mol. The molecular formula is C26H32O4S. The van der Waals surface area contributed by atoms with Crippen LogP contribution in [0.25, 0.3) is 16.8 Å². The molecular weight excluding hydrogens is 408 g/mol. The molecule has 0 radical (unpaired) electrons. The van der Waals surface area contributed by atoms with Gasteiger partial charge in [0.2, 0.25) is 0 Å². The number of aromatic hydroxyl groups is 2. The quantitative estimate of drug-likeness (QED) is 0.394. The predicted molar refractivity (Wildman–Crippen MR) is 129 cm³/mol. The fourth-order valence-corrected chi connectivity index (χ4v) is 6.57. The lowest BCUT2D eigenvalue weighted by molar-refractivity contribution is 0.464. The number of phenols is 2. The van der Waals surface area contributed by atoms with E-state index in [-0.39, 0.29) is 28.4 Å². The number of hydrogen-bond acceptors (Lipinski definition) is 4. The van der Waals surface area contributed by atoms with Crippen molar-refractivity contribution in [3.05, 3.63) is 66.3 Å². The first-order valence-electron chi connectivity index (χ1n) is 11.0. The van der Waals surface area contributed by atoms with Crippen LogP contribution in [0, 0.1) is 5.92 Å². The number of phenolic OH excluding ortho intramolecular Hbond substituents is 2. The van der Waals surface area contributed by atoms with Crippen molar-refractivity contribution in [3.8, 4) is 11.5 Å². The van der Waals surface area contributed by atoms with Crippen molar-refractivity contribution in [2.24, 2.45) is 5.92 Å². The first-order chi connectivity index (χ1) is 14.8. The normalized spacial score (nSPS) is 16.9. The van der Waals surface area contributed by atoms with Crippen LogP contribution in [0.1, 0.15) is 50.2 Å². The second-order valence-corrected chi connectivity index (χ2v) is 10.7. The van der Waals surface area contributed by atoms with E-state index >= 15 is 0 Å². The molecule has 0 bridgehead atoms. The molecule has 2 N–H and O–H groups in total. The Balaban J connectivity index is 1.67. The summed E-state index contributed by atoms with van der Waals surface area (Å²) in [5.41, 5.74) is 1.14. The molecule has 0 spiro atoms. The van der Waals surface area contributed by atoms with E-state index in [1.165, 1.54) is 0 Å². The molecule has 1 saturated carbocycles. The van der Waals surface area contributed by atoms with Crippen molar-refractivity contribution >= 4 is 26.7 Å². The third kappa shape index (κ3) is 5.40. The molecule has 1 unspecified atom stereocenters. The molecule has 166 valence electrons. The summed E-state index contributed by atoms with van der Waals surface area (Å²) in [5, 5.41) is 22.3. The Morgan fingerprint density at radius 1 is 1.06 bits per heavy atom. The van der Waals surface area contributed by atoms with Gasteiger partial charge in [-0.1, -0.05) is 87.4 Å². The molecule has 0 saturated heterocycles. The van der Waals surface area contributed by atoms with Crippen molar-refractivity contribution in [3.63, 3.8) is 0 Å². The highest BCUT2D eigenvalue weighted by molar-refractivity contribution is 7.92. The summed E-state index contributed by atoms with van der Waals surface area (Å²) in [7, 11) is -3.06. The van der Waals surface area contributed by atoms with Crippen LogP contribution in [0.15, 0.2) is 55.1 Å². The standard InChI is InChI=1S/C26H32O4S/c1-3-21-22(26(28)24-17-11-10-16-23(24)25(21)27)15-9-4-6-12-19(2)18-31(29,30)20-13-7-5-8-14-20/h3-4,6,9-12,16-17,19-20,27-28H,1,5,7-8,13-15,18H2,2H3/b9-4+,12-6?. The molecule has 2 aromatic rings. The lowest BCUT2D eigenvalue weighted by atomic mass is 9.95. The Bertz CT molecular complexity index is 1090. The molecule has 5 heteroatoms. The predicted octanol–water partition coefficient (Wildman–Crippen LogP) is 5.93. The first-order valence-corrected chi connectivity index (χ1v) is 12.7. The van der Waals surface area contributed by atoms with Gasteiger partial charge in [0, 0.05) is 21.9 Å². The fourth-order valence-electron chi connectivity index (χ4n) is 4.40. The zero-order valence-corrected chi connectivity index (χ0v) is 18.9. The topological polar surface area (TPSA) is 74.6 Å². The first kappa shape index (κ1) is 23.1. The van der Waals surface area contributed by atoms with Crippen molar-refractivity contribution < 1.29 is 18.6 Å². The number of sulfone groups is 1. The Labute approximate surface area is 185 Å². The third-order valence-corrected chi connectivity index (χ3v) is 8.55. The summed E-state index contributed by atoms with van der Waals surface area (Å²) >= 11 is 0. The fraction of sp³-hybridized carbons (Fsp3) is 0.385. The van der Waals surface area contributed by atoms with Crippen molar-refractivity contribution in [2.75, 3.05) is 5.75 Å². The van der Waals surface area contributed by atoms with Crippen LogP contribution in [0.5, 0.6) is 11.5 Å². The molecule has 1 aliphatic carbocycles. The van der Waals surface area contributed by atoms with Crippen LogP contribution in [0.2, 0.25) is 0 Å². The molecule has 0 amide bonds. The molecule has 0 aliphatic heterocycles. The molecule has 1 fully saturated rings. The second-order valence-electron chi connectivity index (χ2n) is 8.42. The smallest absolute Gasteiger partial charge is 0.153 e. The van der Waals surface area contributed by atoms with Gasteiger partial charge in [0.05, 0.1) is 11.0 Å². The average molecular weight is 441 g/mol. The minimum atomic E-state index is -3.06. The van der Waals surface area contributed by atoms with E-state index in [1.54, 1.807) is 18.2 Å². The van der Waals surface area contributed by atoms with Gasteiger partial charge in [-0.15, -0.1) is 0 Å². The number of benzene rings is 2. The number of allylic oxidation sites excluding steroid dienone is 4. The van der Waals surface area contributed by atoms with Crippen LogP contribution in [0.4, 0.5) is 0 Å². The Kier molecular flexibility index (Phi) is 7.60. The Morgan fingerprint density at radius 3 is 2.35 bits per heavy atom. The van der Waals surface area contributed by atoms with Gasteiger partial charge in [0.25, 0.3) is 0 Å².